The highest BCUT2D eigenvalue weighted by atomic mass is 32.1. The van der Waals surface area contributed by atoms with Gasteiger partial charge in [0.15, 0.2) is 0 Å². The molecule has 1 aliphatic heterocycles. The van der Waals surface area contributed by atoms with Crippen molar-refractivity contribution in [1.29, 1.82) is 0 Å². The Kier molecular flexibility index (Phi) is 4.32. The van der Waals surface area contributed by atoms with Crippen molar-refractivity contribution in [3.63, 3.8) is 0 Å². The summed E-state index contributed by atoms with van der Waals surface area (Å²) in [6, 6.07) is 8.34. The van der Waals surface area contributed by atoms with Crippen molar-refractivity contribution in [1.82, 2.24) is 4.90 Å². The number of benzene rings is 1. The number of hydrogen-bond acceptors (Lipinski definition) is 3. The molecule has 1 saturated heterocycles. The Bertz CT molecular complexity index is 418. The van der Waals surface area contributed by atoms with E-state index < -0.39 is 0 Å². The molecule has 4 heteroatoms. The number of nitrogens with two attached hydrogens (primary N) is 1. The first-order valence-corrected chi connectivity index (χ1v) is 6.76. The highest BCUT2D eigenvalue weighted by Gasteiger charge is 2.30. The highest BCUT2D eigenvalue weighted by Crippen LogP contribution is 2.25. The average molecular weight is 264 g/mol. The molecule has 18 heavy (non-hydrogen) atoms. The van der Waals surface area contributed by atoms with Gasteiger partial charge in [0.1, 0.15) is 4.99 Å². The minimum atomic E-state index is 0.242. The SMILES string of the molecule is CC1CCN(Cc2ccc(C(N)=S)cc2)C1CO. The van der Waals surface area contributed by atoms with Crippen molar-refractivity contribution in [3.8, 4) is 0 Å². The van der Waals surface area contributed by atoms with E-state index in [1.165, 1.54) is 5.56 Å². The van der Waals surface area contributed by atoms with E-state index in [0.717, 1.165) is 25.1 Å². The highest BCUT2D eigenvalue weighted by molar-refractivity contribution is 7.80. The zero-order valence-corrected chi connectivity index (χ0v) is 11.5. The quantitative estimate of drug-likeness (QED) is 0.810. The predicted octanol–water partition coefficient (Wildman–Crippen LogP) is 1.52. The summed E-state index contributed by atoms with van der Waals surface area (Å²) in [6.07, 6.45) is 1.16. The van der Waals surface area contributed by atoms with E-state index in [0.29, 0.717) is 16.9 Å². The fraction of sp³-hybridized carbons (Fsp3) is 0.500. The Morgan fingerprint density at radius 3 is 2.67 bits per heavy atom. The number of aliphatic hydroxyl groups is 1. The molecule has 1 aromatic carbocycles. The fourth-order valence-electron chi connectivity index (χ4n) is 2.59. The van der Waals surface area contributed by atoms with Crippen LogP contribution in [-0.4, -0.2) is 34.2 Å². The Morgan fingerprint density at radius 1 is 1.44 bits per heavy atom. The van der Waals surface area contributed by atoms with E-state index in [1.54, 1.807) is 0 Å². The van der Waals surface area contributed by atoms with Crippen LogP contribution in [-0.2, 0) is 6.54 Å². The fourth-order valence-corrected chi connectivity index (χ4v) is 2.72. The molecule has 2 atom stereocenters. The Hall–Kier alpha value is -0.970. The zero-order valence-electron chi connectivity index (χ0n) is 10.7. The number of rotatable bonds is 4. The van der Waals surface area contributed by atoms with Gasteiger partial charge in [0, 0.05) is 18.2 Å². The summed E-state index contributed by atoms with van der Waals surface area (Å²) in [5, 5.41) is 9.43. The van der Waals surface area contributed by atoms with Crippen molar-refractivity contribution in [2.45, 2.75) is 25.9 Å². The lowest BCUT2D eigenvalue weighted by Crippen LogP contribution is -2.34. The van der Waals surface area contributed by atoms with Crippen molar-refractivity contribution >= 4 is 17.2 Å². The summed E-state index contributed by atoms with van der Waals surface area (Å²) >= 11 is 4.94. The van der Waals surface area contributed by atoms with Crippen molar-refractivity contribution in [3.05, 3.63) is 35.4 Å². The van der Waals surface area contributed by atoms with Crippen LogP contribution in [0.25, 0.3) is 0 Å². The molecule has 98 valence electrons. The number of hydrogen-bond donors (Lipinski definition) is 2. The van der Waals surface area contributed by atoms with E-state index in [1.807, 2.05) is 12.1 Å². The summed E-state index contributed by atoms with van der Waals surface area (Å²) in [5.74, 6) is 0.575. The molecule has 0 amide bonds. The van der Waals surface area contributed by atoms with Gasteiger partial charge in [-0.1, -0.05) is 43.4 Å². The maximum atomic E-state index is 9.43. The molecule has 0 spiro atoms. The number of likely N-dealkylation sites (tertiary alicyclic amines) is 1. The van der Waals surface area contributed by atoms with Gasteiger partial charge >= 0.3 is 0 Å². The van der Waals surface area contributed by atoms with Crippen LogP contribution >= 0.6 is 12.2 Å². The molecule has 0 saturated carbocycles. The predicted molar refractivity (Wildman–Crippen MR) is 77.4 cm³/mol. The molecular weight excluding hydrogens is 244 g/mol. The Balaban J connectivity index is 2.03. The number of aliphatic hydroxyl groups excluding tert-OH is 1. The molecule has 2 unspecified atom stereocenters. The van der Waals surface area contributed by atoms with Crippen LogP contribution in [0.4, 0.5) is 0 Å². The van der Waals surface area contributed by atoms with E-state index in [4.69, 9.17) is 18.0 Å². The first-order chi connectivity index (χ1) is 8.61. The molecule has 3 nitrogen and oxygen atoms in total. The molecule has 1 fully saturated rings. The molecule has 1 aliphatic rings. The monoisotopic (exact) mass is 264 g/mol. The first-order valence-electron chi connectivity index (χ1n) is 6.35. The maximum absolute atomic E-state index is 9.43. The van der Waals surface area contributed by atoms with Crippen LogP contribution in [0.3, 0.4) is 0 Å². The second kappa shape index (κ2) is 5.78. The second-order valence-corrected chi connectivity index (χ2v) is 5.49. The summed E-state index contributed by atoms with van der Waals surface area (Å²) in [7, 11) is 0. The molecule has 0 aromatic heterocycles. The topological polar surface area (TPSA) is 49.5 Å². The Labute approximate surface area is 114 Å². The average Bonchev–Trinajstić information content (AvgIpc) is 2.70. The lowest BCUT2D eigenvalue weighted by Gasteiger charge is -2.25. The molecule has 3 N–H and O–H groups in total. The Morgan fingerprint density at radius 2 is 2.11 bits per heavy atom. The largest absolute Gasteiger partial charge is 0.395 e. The third-order valence-electron chi connectivity index (χ3n) is 3.81. The third kappa shape index (κ3) is 2.88. The van der Waals surface area contributed by atoms with Gasteiger partial charge < -0.3 is 10.8 Å². The van der Waals surface area contributed by atoms with Gasteiger partial charge in [0.2, 0.25) is 0 Å². The first kappa shape index (κ1) is 13.5. The minimum Gasteiger partial charge on any atom is -0.395 e. The molecule has 1 heterocycles. The van der Waals surface area contributed by atoms with Crippen LogP contribution in [0.2, 0.25) is 0 Å². The summed E-state index contributed by atoms with van der Waals surface area (Å²) in [4.78, 5) is 2.78. The van der Waals surface area contributed by atoms with Gasteiger partial charge in [-0.3, -0.25) is 4.90 Å². The lowest BCUT2D eigenvalue weighted by atomic mass is 10.0. The smallest absolute Gasteiger partial charge is 0.103 e. The van der Waals surface area contributed by atoms with E-state index in [-0.39, 0.29) is 6.61 Å². The molecule has 2 rings (SSSR count). The third-order valence-corrected chi connectivity index (χ3v) is 4.04. The normalized spacial score (nSPS) is 24.3. The molecule has 1 aromatic rings. The van der Waals surface area contributed by atoms with Crippen LogP contribution in [0, 0.1) is 5.92 Å². The van der Waals surface area contributed by atoms with E-state index >= 15 is 0 Å². The van der Waals surface area contributed by atoms with Gasteiger partial charge in [-0.25, -0.2) is 0 Å². The minimum absolute atomic E-state index is 0.242. The standard InChI is InChI=1S/C14H20N2OS/c1-10-6-7-16(13(10)9-17)8-11-2-4-12(5-3-11)14(15)18/h2-5,10,13,17H,6-9H2,1H3,(H2,15,18). The summed E-state index contributed by atoms with van der Waals surface area (Å²) < 4.78 is 0. The lowest BCUT2D eigenvalue weighted by molar-refractivity contribution is 0.134. The van der Waals surface area contributed by atoms with Gasteiger partial charge in [-0.05, 0) is 24.4 Å². The van der Waals surface area contributed by atoms with Crippen LogP contribution in [0.15, 0.2) is 24.3 Å². The van der Waals surface area contributed by atoms with Crippen LogP contribution in [0.1, 0.15) is 24.5 Å². The van der Waals surface area contributed by atoms with Gasteiger partial charge in [-0.2, -0.15) is 0 Å². The molecule has 0 radical (unpaired) electrons. The van der Waals surface area contributed by atoms with E-state index in [9.17, 15) is 5.11 Å². The van der Waals surface area contributed by atoms with Crippen molar-refractivity contribution in [2.75, 3.05) is 13.2 Å². The van der Waals surface area contributed by atoms with Crippen molar-refractivity contribution in [2.24, 2.45) is 11.7 Å². The summed E-state index contributed by atoms with van der Waals surface area (Å²) in [5.41, 5.74) is 7.72. The number of nitrogens with zero attached hydrogens (tertiary/aromatic N) is 1. The van der Waals surface area contributed by atoms with Crippen LogP contribution < -0.4 is 5.73 Å². The molecule has 0 aliphatic carbocycles. The van der Waals surface area contributed by atoms with E-state index in [2.05, 4.69) is 24.0 Å². The zero-order chi connectivity index (χ0) is 13.1. The van der Waals surface area contributed by atoms with Crippen molar-refractivity contribution < 1.29 is 5.11 Å². The summed E-state index contributed by atoms with van der Waals surface area (Å²) in [6.45, 7) is 4.39. The number of thiocarbonyl (C=S) groups is 1. The maximum Gasteiger partial charge on any atom is 0.103 e. The van der Waals surface area contributed by atoms with Crippen LogP contribution in [0.5, 0.6) is 0 Å². The van der Waals surface area contributed by atoms with Gasteiger partial charge in [0.05, 0.1) is 6.61 Å². The second-order valence-electron chi connectivity index (χ2n) is 5.05. The van der Waals surface area contributed by atoms with Gasteiger partial charge in [0.25, 0.3) is 0 Å². The molecule has 0 bridgehead atoms. The molecular formula is C14H20N2OS. The van der Waals surface area contributed by atoms with Gasteiger partial charge in [-0.15, -0.1) is 0 Å².